The third-order valence-electron chi connectivity index (χ3n) is 3.91. The highest BCUT2D eigenvalue weighted by atomic mass is 35.5. The molecule has 0 saturated heterocycles. The number of halogens is 2. The van der Waals surface area contributed by atoms with Gasteiger partial charge in [-0.3, -0.25) is 4.79 Å². The van der Waals surface area contributed by atoms with Crippen molar-refractivity contribution >= 4 is 46.6 Å². The lowest BCUT2D eigenvalue weighted by atomic mass is 9.89. The zero-order chi connectivity index (χ0) is 16.9. The number of thioether (sulfide) groups is 1. The minimum atomic E-state index is -0.171. The maximum absolute atomic E-state index is 12.0. The van der Waals surface area contributed by atoms with E-state index in [1.807, 2.05) is 0 Å². The molecular weight excluding hydrogens is 369 g/mol. The van der Waals surface area contributed by atoms with Crippen LogP contribution in [0.25, 0.3) is 0 Å². The highest BCUT2D eigenvalue weighted by molar-refractivity contribution is 7.99. The largest absolute Gasteiger partial charge is 0.416 e. The Morgan fingerprint density at radius 2 is 2.00 bits per heavy atom. The van der Waals surface area contributed by atoms with E-state index >= 15 is 0 Å². The summed E-state index contributed by atoms with van der Waals surface area (Å²) < 4.78 is 5.68. The molecule has 1 aromatic carbocycles. The minimum Gasteiger partial charge on any atom is -0.416 e. The predicted molar refractivity (Wildman–Crippen MR) is 95.9 cm³/mol. The first-order chi connectivity index (χ1) is 11.6. The molecule has 1 amide bonds. The molecule has 0 bridgehead atoms. The van der Waals surface area contributed by atoms with Gasteiger partial charge in [-0.05, 0) is 31.0 Å². The Morgan fingerprint density at radius 1 is 1.21 bits per heavy atom. The van der Waals surface area contributed by atoms with Crippen molar-refractivity contribution in [3.8, 4) is 0 Å². The molecule has 1 saturated carbocycles. The number of nitrogens with zero attached hydrogens (tertiary/aromatic N) is 2. The fraction of sp³-hybridized carbons (Fsp3) is 0.438. The molecule has 1 fully saturated rings. The lowest BCUT2D eigenvalue weighted by Crippen LogP contribution is -2.13. The third kappa shape index (κ3) is 4.65. The summed E-state index contributed by atoms with van der Waals surface area (Å²) in [5, 5.41) is 12.2. The Morgan fingerprint density at radius 3 is 2.75 bits per heavy atom. The van der Waals surface area contributed by atoms with E-state index in [9.17, 15) is 4.79 Å². The van der Waals surface area contributed by atoms with Gasteiger partial charge in [0.2, 0.25) is 11.8 Å². The molecule has 1 N–H and O–H groups in total. The van der Waals surface area contributed by atoms with Gasteiger partial charge < -0.3 is 9.73 Å². The molecule has 3 rings (SSSR count). The molecule has 0 radical (unpaired) electrons. The van der Waals surface area contributed by atoms with E-state index in [1.54, 1.807) is 18.2 Å². The van der Waals surface area contributed by atoms with E-state index < -0.39 is 0 Å². The van der Waals surface area contributed by atoms with Crippen LogP contribution >= 0.6 is 35.0 Å². The van der Waals surface area contributed by atoms with Crippen LogP contribution in [0.3, 0.4) is 0 Å². The van der Waals surface area contributed by atoms with Crippen molar-refractivity contribution in [3.63, 3.8) is 0 Å². The molecule has 0 unspecified atom stereocenters. The molecular formula is C16H17Cl2N3O2S. The average Bonchev–Trinajstić information content (AvgIpc) is 3.06. The van der Waals surface area contributed by atoms with Crippen molar-refractivity contribution in [2.45, 2.75) is 43.2 Å². The number of carbonyl (C=O) groups excluding carboxylic acids is 1. The van der Waals surface area contributed by atoms with Gasteiger partial charge in [-0.1, -0.05) is 54.2 Å². The maximum atomic E-state index is 12.0. The quantitative estimate of drug-likeness (QED) is 0.720. The van der Waals surface area contributed by atoms with Gasteiger partial charge in [0.15, 0.2) is 0 Å². The summed E-state index contributed by atoms with van der Waals surface area (Å²) >= 11 is 13.0. The Labute approximate surface area is 154 Å². The topological polar surface area (TPSA) is 68.0 Å². The van der Waals surface area contributed by atoms with E-state index in [-0.39, 0.29) is 11.7 Å². The highest BCUT2D eigenvalue weighted by Gasteiger charge is 2.21. The SMILES string of the molecule is O=C(CSc1nnc(C2CCCCC2)o1)Nc1ccc(Cl)c(Cl)c1. The van der Waals surface area contributed by atoms with Crippen LogP contribution in [-0.2, 0) is 4.79 Å². The fourth-order valence-electron chi connectivity index (χ4n) is 2.69. The molecule has 5 nitrogen and oxygen atoms in total. The first kappa shape index (κ1) is 17.6. The van der Waals surface area contributed by atoms with Crippen LogP contribution in [0.2, 0.25) is 10.0 Å². The molecule has 1 aromatic heterocycles. The van der Waals surface area contributed by atoms with Crippen molar-refractivity contribution < 1.29 is 9.21 Å². The van der Waals surface area contributed by atoms with E-state index in [2.05, 4.69) is 15.5 Å². The second kappa shape index (κ2) is 8.23. The van der Waals surface area contributed by atoms with Gasteiger partial charge in [0, 0.05) is 11.6 Å². The van der Waals surface area contributed by atoms with Crippen LogP contribution in [0.5, 0.6) is 0 Å². The van der Waals surface area contributed by atoms with E-state index in [1.165, 1.54) is 31.0 Å². The van der Waals surface area contributed by atoms with E-state index in [0.717, 1.165) is 12.8 Å². The summed E-state index contributed by atoms with van der Waals surface area (Å²) in [5.74, 6) is 1.08. The molecule has 2 aromatic rings. The summed E-state index contributed by atoms with van der Waals surface area (Å²) in [6.07, 6.45) is 5.90. The van der Waals surface area contributed by atoms with Gasteiger partial charge >= 0.3 is 0 Å². The van der Waals surface area contributed by atoms with E-state index in [0.29, 0.717) is 32.8 Å². The van der Waals surface area contributed by atoms with Gasteiger partial charge in [0.1, 0.15) is 0 Å². The molecule has 128 valence electrons. The molecule has 1 aliphatic carbocycles. The average molecular weight is 386 g/mol. The smallest absolute Gasteiger partial charge is 0.277 e. The van der Waals surface area contributed by atoms with Gasteiger partial charge in [-0.25, -0.2) is 0 Å². The number of hydrogen-bond acceptors (Lipinski definition) is 5. The summed E-state index contributed by atoms with van der Waals surface area (Å²) in [4.78, 5) is 12.0. The third-order valence-corrected chi connectivity index (χ3v) is 5.46. The van der Waals surface area contributed by atoms with Crippen LogP contribution in [0.1, 0.15) is 43.9 Å². The van der Waals surface area contributed by atoms with Crippen LogP contribution in [0.4, 0.5) is 5.69 Å². The first-order valence-electron chi connectivity index (χ1n) is 7.83. The Balaban J connectivity index is 1.50. The molecule has 0 atom stereocenters. The fourth-order valence-corrected chi connectivity index (χ4v) is 3.56. The lowest BCUT2D eigenvalue weighted by molar-refractivity contribution is -0.113. The monoisotopic (exact) mass is 385 g/mol. The number of benzene rings is 1. The number of hydrogen-bond donors (Lipinski definition) is 1. The standard InChI is InChI=1S/C16H17Cl2N3O2S/c17-12-7-6-11(8-13(12)18)19-14(22)9-24-16-21-20-15(23-16)10-4-2-1-3-5-10/h6-8,10H,1-5,9H2,(H,19,22). The Kier molecular flexibility index (Phi) is 6.03. The summed E-state index contributed by atoms with van der Waals surface area (Å²) in [7, 11) is 0. The number of aromatic nitrogens is 2. The summed E-state index contributed by atoms with van der Waals surface area (Å²) in [6.45, 7) is 0. The molecule has 0 aliphatic heterocycles. The summed E-state index contributed by atoms with van der Waals surface area (Å²) in [6, 6.07) is 4.95. The van der Waals surface area contributed by atoms with Crippen LogP contribution in [-0.4, -0.2) is 21.9 Å². The molecule has 8 heteroatoms. The van der Waals surface area contributed by atoms with Gasteiger partial charge in [0.25, 0.3) is 5.22 Å². The second-order valence-corrected chi connectivity index (χ2v) is 7.45. The van der Waals surface area contributed by atoms with Gasteiger partial charge in [-0.15, -0.1) is 10.2 Å². The highest BCUT2D eigenvalue weighted by Crippen LogP contribution is 2.33. The van der Waals surface area contributed by atoms with Crippen molar-refractivity contribution in [1.82, 2.24) is 10.2 Å². The van der Waals surface area contributed by atoms with Crippen LogP contribution in [0, 0.1) is 0 Å². The Bertz CT molecular complexity index is 717. The van der Waals surface area contributed by atoms with Crippen molar-refractivity contribution in [1.29, 1.82) is 0 Å². The lowest BCUT2D eigenvalue weighted by Gasteiger charge is -2.17. The minimum absolute atomic E-state index is 0.171. The number of anilines is 1. The zero-order valence-electron chi connectivity index (χ0n) is 12.9. The Hall–Kier alpha value is -1.24. The first-order valence-corrected chi connectivity index (χ1v) is 9.57. The normalized spacial score (nSPS) is 15.4. The van der Waals surface area contributed by atoms with Gasteiger partial charge in [0.05, 0.1) is 15.8 Å². The number of rotatable bonds is 5. The molecule has 1 heterocycles. The number of carbonyl (C=O) groups is 1. The van der Waals surface area contributed by atoms with E-state index in [4.69, 9.17) is 27.6 Å². The van der Waals surface area contributed by atoms with Crippen molar-refractivity contribution in [2.75, 3.05) is 11.1 Å². The zero-order valence-corrected chi connectivity index (χ0v) is 15.3. The molecule has 1 aliphatic rings. The molecule has 0 spiro atoms. The number of nitrogens with one attached hydrogen (secondary N) is 1. The maximum Gasteiger partial charge on any atom is 0.277 e. The predicted octanol–water partition coefficient (Wildman–Crippen LogP) is 5.15. The second-order valence-electron chi connectivity index (χ2n) is 5.71. The van der Waals surface area contributed by atoms with Crippen LogP contribution in [0.15, 0.2) is 27.8 Å². The van der Waals surface area contributed by atoms with Crippen molar-refractivity contribution in [3.05, 3.63) is 34.1 Å². The molecule has 24 heavy (non-hydrogen) atoms. The van der Waals surface area contributed by atoms with Crippen LogP contribution < -0.4 is 5.32 Å². The van der Waals surface area contributed by atoms with Crippen molar-refractivity contribution in [2.24, 2.45) is 0 Å². The number of amides is 1. The summed E-state index contributed by atoms with van der Waals surface area (Å²) in [5.41, 5.74) is 0.600. The van der Waals surface area contributed by atoms with Gasteiger partial charge in [-0.2, -0.15) is 0 Å².